The molecular formula is C17H24N2O2. The van der Waals surface area contributed by atoms with E-state index < -0.39 is 6.10 Å². The van der Waals surface area contributed by atoms with Gasteiger partial charge in [0.25, 0.3) is 0 Å². The summed E-state index contributed by atoms with van der Waals surface area (Å²) < 4.78 is 7.62. The highest BCUT2D eigenvalue weighted by molar-refractivity contribution is 5.27. The molecule has 1 aromatic heterocycles. The van der Waals surface area contributed by atoms with Gasteiger partial charge in [-0.15, -0.1) is 0 Å². The molecule has 2 aromatic rings. The van der Waals surface area contributed by atoms with Crippen molar-refractivity contribution in [3.05, 3.63) is 48.0 Å². The van der Waals surface area contributed by atoms with Gasteiger partial charge in [-0.2, -0.15) is 0 Å². The lowest BCUT2D eigenvalue weighted by Crippen LogP contribution is -2.24. The van der Waals surface area contributed by atoms with Crippen LogP contribution in [-0.2, 0) is 13.0 Å². The third-order valence-corrected chi connectivity index (χ3v) is 3.45. The van der Waals surface area contributed by atoms with Crippen LogP contribution < -0.4 is 4.74 Å². The van der Waals surface area contributed by atoms with Gasteiger partial charge in [-0.1, -0.05) is 32.9 Å². The Morgan fingerprint density at radius 2 is 1.95 bits per heavy atom. The van der Waals surface area contributed by atoms with Crippen molar-refractivity contribution in [1.29, 1.82) is 0 Å². The number of ether oxygens (including phenoxy) is 1. The molecule has 4 nitrogen and oxygen atoms in total. The largest absolute Gasteiger partial charge is 0.491 e. The fourth-order valence-electron chi connectivity index (χ4n) is 2.27. The van der Waals surface area contributed by atoms with Crippen molar-refractivity contribution in [2.45, 2.75) is 45.8 Å². The summed E-state index contributed by atoms with van der Waals surface area (Å²) in [5.41, 5.74) is 1.28. The predicted octanol–water partition coefficient (Wildman–Crippen LogP) is 3.01. The van der Waals surface area contributed by atoms with Crippen molar-refractivity contribution in [2.75, 3.05) is 6.61 Å². The molecule has 0 fully saturated rings. The summed E-state index contributed by atoms with van der Waals surface area (Å²) in [5.74, 6) is 2.12. The number of aromatic nitrogens is 2. The quantitative estimate of drug-likeness (QED) is 0.852. The van der Waals surface area contributed by atoms with Crippen LogP contribution in [0.15, 0.2) is 36.7 Å². The Hall–Kier alpha value is -1.81. The fraction of sp³-hybridized carbons (Fsp3) is 0.471. The van der Waals surface area contributed by atoms with E-state index in [1.165, 1.54) is 5.56 Å². The van der Waals surface area contributed by atoms with Gasteiger partial charge in [-0.05, 0) is 24.1 Å². The van der Waals surface area contributed by atoms with Crippen molar-refractivity contribution in [2.24, 2.45) is 0 Å². The maximum atomic E-state index is 10.1. The molecular weight excluding hydrogens is 264 g/mol. The van der Waals surface area contributed by atoms with E-state index >= 15 is 0 Å². The summed E-state index contributed by atoms with van der Waals surface area (Å²) in [6, 6.07) is 7.99. The molecule has 0 radical (unpaired) electrons. The highest BCUT2D eigenvalue weighted by Crippen LogP contribution is 2.14. The Bertz CT molecular complexity index is 546. The Morgan fingerprint density at radius 1 is 1.24 bits per heavy atom. The summed E-state index contributed by atoms with van der Waals surface area (Å²) in [7, 11) is 0. The minimum Gasteiger partial charge on any atom is -0.491 e. The van der Waals surface area contributed by atoms with E-state index in [2.05, 4.69) is 37.9 Å². The average Bonchev–Trinajstić information content (AvgIpc) is 2.94. The van der Waals surface area contributed by atoms with Crippen LogP contribution in [0.25, 0.3) is 0 Å². The third kappa shape index (κ3) is 4.33. The molecule has 0 bridgehead atoms. The Morgan fingerprint density at radius 3 is 2.57 bits per heavy atom. The molecule has 1 unspecified atom stereocenters. The number of nitrogens with zero attached hydrogens (tertiary/aromatic N) is 2. The van der Waals surface area contributed by atoms with Gasteiger partial charge in [0.05, 0.1) is 6.54 Å². The highest BCUT2D eigenvalue weighted by Gasteiger charge is 2.12. The van der Waals surface area contributed by atoms with E-state index in [9.17, 15) is 5.11 Å². The van der Waals surface area contributed by atoms with E-state index in [0.717, 1.165) is 18.0 Å². The zero-order chi connectivity index (χ0) is 15.2. The highest BCUT2D eigenvalue weighted by atomic mass is 16.5. The first kappa shape index (κ1) is 15.6. The monoisotopic (exact) mass is 288 g/mol. The molecule has 0 aliphatic carbocycles. The first-order valence-electron chi connectivity index (χ1n) is 7.51. The third-order valence-electron chi connectivity index (χ3n) is 3.45. The smallest absolute Gasteiger partial charge is 0.119 e. The van der Waals surface area contributed by atoms with Crippen LogP contribution in [-0.4, -0.2) is 27.4 Å². The Labute approximate surface area is 126 Å². The van der Waals surface area contributed by atoms with Gasteiger partial charge in [0.1, 0.15) is 24.3 Å². The van der Waals surface area contributed by atoms with Gasteiger partial charge in [-0.3, -0.25) is 0 Å². The first-order valence-corrected chi connectivity index (χ1v) is 7.51. The Balaban J connectivity index is 1.86. The molecule has 1 N–H and O–H groups in total. The molecule has 1 heterocycles. The Kier molecular flexibility index (Phi) is 5.39. The minimum absolute atomic E-state index is 0.279. The van der Waals surface area contributed by atoms with E-state index in [4.69, 9.17) is 4.74 Å². The van der Waals surface area contributed by atoms with Crippen molar-refractivity contribution in [3.63, 3.8) is 0 Å². The van der Waals surface area contributed by atoms with Gasteiger partial charge >= 0.3 is 0 Å². The van der Waals surface area contributed by atoms with Crippen LogP contribution in [0, 0.1) is 0 Å². The van der Waals surface area contributed by atoms with Crippen LogP contribution >= 0.6 is 0 Å². The second-order valence-electron chi connectivity index (χ2n) is 5.55. The second kappa shape index (κ2) is 7.27. The maximum absolute atomic E-state index is 10.1. The van der Waals surface area contributed by atoms with E-state index in [1.54, 1.807) is 6.20 Å². The van der Waals surface area contributed by atoms with Crippen LogP contribution in [0.2, 0.25) is 0 Å². The van der Waals surface area contributed by atoms with Gasteiger partial charge in [-0.25, -0.2) is 4.98 Å². The molecule has 0 amide bonds. The standard InChI is InChI=1S/C17H24N2O2/c1-4-14-5-7-16(8-6-14)21-12-15(20)11-19-10-9-18-17(19)13(2)3/h5-10,13,15,20H,4,11-12H2,1-3H3. The van der Waals surface area contributed by atoms with Crippen molar-refractivity contribution in [1.82, 2.24) is 9.55 Å². The van der Waals surface area contributed by atoms with Crippen LogP contribution in [0.5, 0.6) is 5.75 Å². The number of rotatable bonds is 7. The van der Waals surface area contributed by atoms with Crippen LogP contribution in [0.1, 0.15) is 38.1 Å². The summed E-state index contributed by atoms with van der Waals surface area (Å²) in [5, 5.41) is 10.1. The SMILES string of the molecule is CCc1ccc(OCC(O)Cn2ccnc2C(C)C)cc1. The second-order valence-corrected chi connectivity index (χ2v) is 5.55. The van der Waals surface area contributed by atoms with E-state index in [0.29, 0.717) is 12.5 Å². The lowest BCUT2D eigenvalue weighted by molar-refractivity contribution is 0.0915. The minimum atomic E-state index is -0.553. The maximum Gasteiger partial charge on any atom is 0.119 e. The van der Waals surface area contributed by atoms with Crippen molar-refractivity contribution in [3.8, 4) is 5.75 Å². The zero-order valence-electron chi connectivity index (χ0n) is 13.0. The fourth-order valence-corrected chi connectivity index (χ4v) is 2.27. The molecule has 2 rings (SSSR count). The summed E-state index contributed by atoms with van der Waals surface area (Å²) in [6.07, 6.45) is 4.13. The van der Waals surface area contributed by atoms with Crippen molar-refractivity contribution < 1.29 is 9.84 Å². The molecule has 0 aliphatic rings. The molecule has 0 aliphatic heterocycles. The molecule has 0 spiro atoms. The van der Waals surface area contributed by atoms with Crippen LogP contribution in [0.4, 0.5) is 0 Å². The molecule has 0 saturated carbocycles. The molecule has 0 saturated heterocycles. The van der Waals surface area contributed by atoms with Gasteiger partial charge in [0, 0.05) is 18.3 Å². The topological polar surface area (TPSA) is 47.3 Å². The molecule has 4 heteroatoms. The summed E-state index contributed by atoms with van der Waals surface area (Å²) in [6.45, 7) is 7.09. The van der Waals surface area contributed by atoms with Gasteiger partial charge in [0.15, 0.2) is 0 Å². The normalized spacial score (nSPS) is 12.6. The van der Waals surface area contributed by atoms with Crippen molar-refractivity contribution >= 4 is 0 Å². The molecule has 1 aromatic carbocycles. The summed E-state index contributed by atoms with van der Waals surface area (Å²) >= 11 is 0. The number of aliphatic hydroxyl groups excluding tert-OH is 1. The number of aliphatic hydroxyl groups is 1. The first-order chi connectivity index (χ1) is 10.1. The predicted molar refractivity (Wildman–Crippen MR) is 83.6 cm³/mol. The summed E-state index contributed by atoms with van der Waals surface area (Å²) in [4.78, 5) is 4.32. The molecule has 114 valence electrons. The number of hydrogen-bond donors (Lipinski definition) is 1. The average molecular weight is 288 g/mol. The number of hydrogen-bond acceptors (Lipinski definition) is 3. The van der Waals surface area contributed by atoms with E-state index in [1.807, 2.05) is 22.9 Å². The molecule has 21 heavy (non-hydrogen) atoms. The van der Waals surface area contributed by atoms with Gasteiger partial charge in [0.2, 0.25) is 0 Å². The van der Waals surface area contributed by atoms with Crippen LogP contribution in [0.3, 0.4) is 0 Å². The number of imidazole rings is 1. The lowest BCUT2D eigenvalue weighted by Gasteiger charge is -2.16. The number of benzene rings is 1. The van der Waals surface area contributed by atoms with E-state index in [-0.39, 0.29) is 6.61 Å². The zero-order valence-corrected chi connectivity index (χ0v) is 13.0. The number of aryl methyl sites for hydroxylation is 1. The lowest BCUT2D eigenvalue weighted by atomic mass is 10.2. The molecule has 1 atom stereocenters. The van der Waals surface area contributed by atoms with Gasteiger partial charge < -0.3 is 14.4 Å².